The van der Waals surface area contributed by atoms with Gasteiger partial charge in [-0.1, -0.05) is 18.6 Å². The molecule has 1 aromatic rings. The van der Waals surface area contributed by atoms with E-state index in [2.05, 4.69) is 28.4 Å². The van der Waals surface area contributed by atoms with Crippen molar-refractivity contribution in [3.05, 3.63) is 29.1 Å². The molecular formula is C25H42N4O2. The van der Waals surface area contributed by atoms with Crippen molar-refractivity contribution in [3.63, 3.8) is 0 Å². The number of hydrogen-bond donors (Lipinski definition) is 0. The molecule has 0 saturated carbocycles. The molecule has 0 aliphatic carbocycles. The molecule has 3 rings (SSSR count). The summed E-state index contributed by atoms with van der Waals surface area (Å²) in [6, 6.07) is 0.658. The van der Waals surface area contributed by atoms with E-state index >= 15 is 0 Å². The lowest BCUT2D eigenvalue weighted by molar-refractivity contribution is -0.133. The van der Waals surface area contributed by atoms with E-state index in [1.807, 2.05) is 18.5 Å². The van der Waals surface area contributed by atoms with Gasteiger partial charge in [0.15, 0.2) is 0 Å². The van der Waals surface area contributed by atoms with Crippen molar-refractivity contribution in [1.82, 2.24) is 19.6 Å². The Labute approximate surface area is 188 Å². The molecule has 0 aromatic carbocycles. The fourth-order valence-electron chi connectivity index (χ4n) is 5.49. The molecule has 0 radical (unpaired) electrons. The summed E-state index contributed by atoms with van der Waals surface area (Å²) in [7, 11) is 1.72. The van der Waals surface area contributed by atoms with Gasteiger partial charge in [0.2, 0.25) is 5.91 Å². The van der Waals surface area contributed by atoms with Crippen LogP contribution in [0, 0.1) is 19.8 Å². The molecule has 1 aromatic heterocycles. The number of rotatable bonds is 10. The van der Waals surface area contributed by atoms with E-state index in [4.69, 9.17) is 4.74 Å². The highest BCUT2D eigenvalue weighted by molar-refractivity contribution is 5.76. The molecule has 6 heteroatoms. The second kappa shape index (κ2) is 11.3. The van der Waals surface area contributed by atoms with Crippen LogP contribution >= 0.6 is 0 Å². The van der Waals surface area contributed by atoms with Crippen molar-refractivity contribution in [2.75, 3.05) is 39.9 Å². The van der Waals surface area contributed by atoms with Gasteiger partial charge in [-0.25, -0.2) is 0 Å². The van der Waals surface area contributed by atoms with E-state index in [1.54, 1.807) is 7.11 Å². The van der Waals surface area contributed by atoms with Crippen LogP contribution in [0.15, 0.2) is 12.2 Å². The second-order valence-electron chi connectivity index (χ2n) is 9.60. The van der Waals surface area contributed by atoms with Gasteiger partial charge in [0.1, 0.15) is 0 Å². The van der Waals surface area contributed by atoms with E-state index < -0.39 is 0 Å². The number of amides is 1. The average Bonchev–Trinajstić information content (AvgIpc) is 3.01. The van der Waals surface area contributed by atoms with Crippen molar-refractivity contribution in [2.24, 2.45) is 5.92 Å². The maximum Gasteiger partial charge on any atom is 0.222 e. The van der Waals surface area contributed by atoms with Crippen LogP contribution in [0.1, 0.15) is 62.4 Å². The van der Waals surface area contributed by atoms with Crippen LogP contribution < -0.4 is 0 Å². The summed E-state index contributed by atoms with van der Waals surface area (Å²) in [5.41, 5.74) is 4.47. The number of nitrogens with zero attached hydrogens (tertiary/aromatic N) is 4. The first-order chi connectivity index (χ1) is 14.9. The highest BCUT2D eigenvalue weighted by Crippen LogP contribution is 2.31. The summed E-state index contributed by atoms with van der Waals surface area (Å²) in [5, 5.41) is 4.67. The molecule has 2 aliphatic rings. The number of piperidine rings is 2. The zero-order valence-corrected chi connectivity index (χ0v) is 20.2. The number of aromatic nitrogens is 2. The summed E-state index contributed by atoms with van der Waals surface area (Å²) in [6.45, 7) is 15.5. The van der Waals surface area contributed by atoms with Crippen molar-refractivity contribution in [3.8, 4) is 0 Å². The quantitative estimate of drug-likeness (QED) is 0.531. The molecular weight excluding hydrogens is 388 g/mol. The summed E-state index contributed by atoms with van der Waals surface area (Å²) in [4.78, 5) is 18.0. The molecule has 2 fully saturated rings. The lowest BCUT2D eigenvalue weighted by Gasteiger charge is -2.45. The molecule has 0 spiro atoms. The Morgan fingerprint density at radius 2 is 2.00 bits per heavy atom. The predicted octanol–water partition coefficient (Wildman–Crippen LogP) is 3.75. The molecule has 0 N–H and O–H groups in total. The van der Waals surface area contributed by atoms with E-state index in [9.17, 15) is 4.79 Å². The summed E-state index contributed by atoms with van der Waals surface area (Å²) >= 11 is 0. The first kappa shape index (κ1) is 24.0. The smallest absolute Gasteiger partial charge is 0.222 e. The molecule has 31 heavy (non-hydrogen) atoms. The van der Waals surface area contributed by atoms with Crippen LogP contribution in [0.2, 0.25) is 0 Å². The Morgan fingerprint density at radius 3 is 2.74 bits per heavy atom. The summed E-state index contributed by atoms with van der Waals surface area (Å²) in [6.07, 6.45) is 7.72. The van der Waals surface area contributed by atoms with Gasteiger partial charge in [-0.3, -0.25) is 9.48 Å². The first-order valence-corrected chi connectivity index (χ1v) is 12.1. The molecule has 2 atom stereocenters. The highest BCUT2D eigenvalue weighted by atomic mass is 16.5. The topological polar surface area (TPSA) is 50.6 Å². The molecule has 1 amide bonds. The molecule has 0 unspecified atom stereocenters. The van der Waals surface area contributed by atoms with Gasteiger partial charge in [0, 0.05) is 38.4 Å². The Bertz CT molecular complexity index is 755. The SMILES string of the molecule is C=C(C)Cn1nc(C)c(CCC(=O)N(CCOC)C[C@@H]2CCCN3CCCC[C@H]23)c1C. The third-order valence-corrected chi connectivity index (χ3v) is 7.14. The number of ether oxygens (including phenoxy) is 1. The second-order valence-corrected chi connectivity index (χ2v) is 9.60. The van der Waals surface area contributed by atoms with E-state index in [-0.39, 0.29) is 5.91 Å². The van der Waals surface area contributed by atoms with Gasteiger partial charge >= 0.3 is 0 Å². The van der Waals surface area contributed by atoms with Crippen LogP contribution in [0.3, 0.4) is 0 Å². The maximum absolute atomic E-state index is 13.3. The Morgan fingerprint density at radius 1 is 1.23 bits per heavy atom. The number of methoxy groups -OCH3 is 1. The van der Waals surface area contributed by atoms with Crippen LogP contribution in [0.5, 0.6) is 0 Å². The predicted molar refractivity (Wildman–Crippen MR) is 125 cm³/mol. The number of carbonyl (C=O) groups excluding carboxylic acids is 1. The van der Waals surface area contributed by atoms with Crippen molar-refractivity contribution in [1.29, 1.82) is 0 Å². The molecule has 3 heterocycles. The summed E-state index contributed by atoms with van der Waals surface area (Å²) in [5.74, 6) is 0.841. The third-order valence-electron chi connectivity index (χ3n) is 7.14. The first-order valence-electron chi connectivity index (χ1n) is 12.1. The number of fused-ring (bicyclic) bond motifs is 1. The van der Waals surface area contributed by atoms with E-state index in [0.29, 0.717) is 31.5 Å². The minimum Gasteiger partial charge on any atom is -0.383 e. The van der Waals surface area contributed by atoms with Crippen LogP contribution in [0.4, 0.5) is 0 Å². The van der Waals surface area contributed by atoms with Gasteiger partial charge in [-0.15, -0.1) is 0 Å². The van der Waals surface area contributed by atoms with Crippen molar-refractivity contribution in [2.45, 2.75) is 78.3 Å². The normalized spacial score (nSPS) is 21.7. The maximum atomic E-state index is 13.3. The number of allylic oxidation sites excluding steroid dienone is 1. The van der Waals surface area contributed by atoms with Gasteiger partial charge in [-0.05, 0) is 77.4 Å². The largest absolute Gasteiger partial charge is 0.383 e. The number of hydrogen-bond acceptors (Lipinski definition) is 4. The van der Waals surface area contributed by atoms with Crippen molar-refractivity contribution >= 4 is 5.91 Å². The minimum absolute atomic E-state index is 0.247. The Kier molecular flexibility index (Phi) is 8.73. The van der Waals surface area contributed by atoms with Crippen molar-refractivity contribution < 1.29 is 9.53 Å². The molecule has 2 aliphatic heterocycles. The number of carbonyl (C=O) groups is 1. The average molecular weight is 431 g/mol. The number of aryl methyl sites for hydroxylation is 1. The lowest BCUT2D eigenvalue weighted by atomic mass is 9.83. The van der Waals surface area contributed by atoms with Gasteiger partial charge in [0.05, 0.1) is 18.8 Å². The zero-order valence-electron chi connectivity index (χ0n) is 20.2. The van der Waals surface area contributed by atoms with Gasteiger partial charge < -0.3 is 14.5 Å². The van der Waals surface area contributed by atoms with Gasteiger partial charge in [0.25, 0.3) is 0 Å². The van der Waals surface area contributed by atoms with Crippen LogP contribution in [-0.4, -0.2) is 71.4 Å². The summed E-state index contributed by atoms with van der Waals surface area (Å²) < 4.78 is 7.35. The fraction of sp³-hybridized carbons (Fsp3) is 0.760. The molecule has 174 valence electrons. The lowest BCUT2D eigenvalue weighted by Crippen LogP contribution is -2.52. The minimum atomic E-state index is 0.247. The standard InChI is InChI=1S/C25H42N4O2/c1-19(2)17-29-21(4)23(20(3)26-29)11-12-25(30)28(15-16-31-5)18-22-9-8-14-27-13-7-6-10-24(22)27/h22,24H,1,6-18H2,2-5H3/t22-,24+/m0/s1. The van der Waals surface area contributed by atoms with E-state index in [1.165, 1.54) is 50.8 Å². The van der Waals surface area contributed by atoms with Crippen LogP contribution in [-0.2, 0) is 22.5 Å². The van der Waals surface area contributed by atoms with E-state index in [0.717, 1.165) is 36.5 Å². The fourth-order valence-corrected chi connectivity index (χ4v) is 5.49. The van der Waals surface area contributed by atoms with Gasteiger partial charge in [-0.2, -0.15) is 5.10 Å². The third kappa shape index (κ3) is 6.19. The molecule has 6 nitrogen and oxygen atoms in total. The zero-order chi connectivity index (χ0) is 22.4. The molecule has 0 bridgehead atoms. The monoisotopic (exact) mass is 430 g/mol. The highest BCUT2D eigenvalue weighted by Gasteiger charge is 2.34. The molecule has 2 saturated heterocycles. The Balaban J connectivity index is 1.63. The Hall–Kier alpha value is -1.66. The van der Waals surface area contributed by atoms with Crippen LogP contribution in [0.25, 0.3) is 0 Å².